The lowest BCUT2D eigenvalue weighted by Crippen LogP contribution is -2.46. The molecular formula is C28H29N7O. The summed E-state index contributed by atoms with van der Waals surface area (Å²) in [6, 6.07) is 27.0. The largest absolute Gasteiger partial charge is 0.425 e. The second kappa shape index (κ2) is 10.2. The Morgan fingerprint density at radius 2 is 1.61 bits per heavy atom. The second-order valence-electron chi connectivity index (χ2n) is 9.01. The van der Waals surface area contributed by atoms with Gasteiger partial charge in [0.05, 0.1) is 5.52 Å². The van der Waals surface area contributed by atoms with Gasteiger partial charge >= 0.3 is 6.01 Å². The first-order valence-corrected chi connectivity index (χ1v) is 12.5. The smallest absolute Gasteiger partial charge is 0.309 e. The van der Waals surface area contributed by atoms with Crippen molar-refractivity contribution < 1.29 is 4.74 Å². The van der Waals surface area contributed by atoms with Gasteiger partial charge in [-0.15, -0.1) is 10.2 Å². The summed E-state index contributed by atoms with van der Waals surface area (Å²) in [5.41, 5.74) is 3.97. The SMILES string of the molecule is c1ccc(N2CCN(CCCNc3ccc(Oc4nc5ccccc5c5nncn45)cc3)CC2)cc1. The van der Waals surface area contributed by atoms with E-state index in [0.717, 1.165) is 73.7 Å². The Bertz CT molecular complexity index is 1430. The van der Waals surface area contributed by atoms with Gasteiger partial charge in [0.1, 0.15) is 12.1 Å². The van der Waals surface area contributed by atoms with Crippen LogP contribution in [0.15, 0.2) is 85.2 Å². The van der Waals surface area contributed by atoms with Crippen LogP contribution in [0.3, 0.4) is 0 Å². The van der Waals surface area contributed by atoms with Crippen molar-refractivity contribution in [1.82, 2.24) is 24.5 Å². The van der Waals surface area contributed by atoms with E-state index in [1.807, 2.05) is 48.5 Å². The first-order valence-electron chi connectivity index (χ1n) is 12.5. The van der Waals surface area contributed by atoms with Crippen molar-refractivity contribution in [3.05, 3.63) is 85.2 Å². The Hall–Kier alpha value is -4.17. The number of para-hydroxylation sites is 2. The highest BCUT2D eigenvalue weighted by molar-refractivity contribution is 5.91. The van der Waals surface area contributed by atoms with Gasteiger partial charge in [-0.3, -0.25) is 4.90 Å². The first-order chi connectivity index (χ1) is 17.8. The van der Waals surface area contributed by atoms with E-state index < -0.39 is 0 Å². The summed E-state index contributed by atoms with van der Waals surface area (Å²) >= 11 is 0. The van der Waals surface area contributed by atoms with Gasteiger partial charge in [0, 0.05) is 49.5 Å². The van der Waals surface area contributed by atoms with Crippen molar-refractivity contribution in [1.29, 1.82) is 0 Å². The molecule has 1 aliphatic heterocycles. The van der Waals surface area contributed by atoms with Crippen molar-refractivity contribution in [3.8, 4) is 11.8 Å². The van der Waals surface area contributed by atoms with Crippen molar-refractivity contribution in [3.63, 3.8) is 0 Å². The monoisotopic (exact) mass is 479 g/mol. The lowest BCUT2D eigenvalue weighted by molar-refractivity contribution is 0.257. The second-order valence-corrected chi connectivity index (χ2v) is 9.01. The molecule has 0 atom stereocenters. The molecule has 3 heterocycles. The van der Waals surface area contributed by atoms with Gasteiger partial charge in [-0.05, 0) is 61.5 Å². The molecule has 1 N–H and O–H groups in total. The van der Waals surface area contributed by atoms with Crippen LogP contribution >= 0.6 is 0 Å². The third-order valence-electron chi connectivity index (χ3n) is 6.65. The molecule has 3 aromatic carbocycles. The van der Waals surface area contributed by atoms with Gasteiger partial charge in [-0.25, -0.2) is 4.40 Å². The van der Waals surface area contributed by atoms with E-state index in [9.17, 15) is 0 Å². The summed E-state index contributed by atoms with van der Waals surface area (Å²) < 4.78 is 7.86. The maximum Gasteiger partial charge on any atom is 0.309 e. The molecule has 1 aliphatic rings. The Kier molecular flexibility index (Phi) is 6.33. The topological polar surface area (TPSA) is 70.8 Å². The minimum absolute atomic E-state index is 0.446. The molecule has 0 unspecified atom stereocenters. The average molecular weight is 480 g/mol. The highest BCUT2D eigenvalue weighted by Crippen LogP contribution is 2.26. The molecule has 2 aromatic heterocycles. The lowest BCUT2D eigenvalue weighted by atomic mass is 10.2. The predicted octanol–water partition coefficient (Wildman–Crippen LogP) is 4.69. The molecule has 0 amide bonds. The van der Waals surface area contributed by atoms with Crippen molar-refractivity contribution >= 4 is 27.9 Å². The van der Waals surface area contributed by atoms with Gasteiger partial charge in [0.25, 0.3) is 0 Å². The third kappa shape index (κ3) is 4.81. The zero-order valence-electron chi connectivity index (χ0n) is 20.1. The Morgan fingerprint density at radius 3 is 2.44 bits per heavy atom. The van der Waals surface area contributed by atoms with Crippen molar-refractivity contribution in [2.24, 2.45) is 0 Å². The lowest BCUT2D eigenvalue weighted by Gasteiger charge is -2.36. The van der Waals surface area contributed by atoms with Gasteiger partial charge in [0.15, 0.2) is 5.65 Å². The summed E-state index contributed by atoms with van der Waals surface area (Å²) in [6.45, 7) is 6.46. The number of nitrogens with zero attached hydrogens (tertiary/aromatic N) is 6. The number of hydrogen-bond acceptors (Lipinski definition) is 7. The quantitative estimate of drug-likeness (QED) is 0.324. The Balaban J connectivity index is 0.991. The molecule has 1 saturated heterocycles. The molecule has 1 fully saturated rings. The molecule has 5 aromatic rings. The molecule has 8 nitrogen and oxygen atoms in total. The van der Waals surface area contributed by atoms with E-state index in [0.29, 0.717) is 6.01 Å². The minimum Gasteiger partial charge on any atom is -0.425 e. The minimum atomic E-state index is 0.446. The van der Waals surface area contributed by atoms with Crippen LogP contribution in [0.25, 0.3) is 16.6 Å². The molecule has 36 heavy (non-hydrogen) atoms. The molecule has 6 rings (SSSR count). The van der Waals surface area contributed by atoms with Crippen LogP contribution in [0, 0.1) is 0 Å². The summed E-state index contributed by atoms with van der Waals surface area (Å²) in [7, 11) is 0. The number of ether oxygens (including phenoxy) is 1. The number of anilines is 2. The fraction of sp³-hybridized carbons (Fsp3) is 0.250. The van der Waals surface area contributed by atoms with Crippen molar-refractivity contribution in [2.45, 2.75) is 6.42 Å². The molecule has 0 saturated carbocycles. The van der Waals surface area contributed by atoms with Crippen LogP contribution in [0.2, 0.25) is 0 Å². The summed E-state index contributed by atoms with van der Waals surface area (Å²) in [5, 5.41) is 12.7. The fourth-order valence-corrected chi connectivity index (χ4v) is 4.70. The molecule has 182 valence electrons. The van der Waals surface area contributed by atoms with Gasteiger partial charge < -0.3 is 15.0 Å². The number of hydrogen-bond donors (Lipinski definition) is 1. The van der Waals surface area contributed by atoms with Gasteiger partial charge in [-0.1, -0.05) is 30.3 Å². The number of rotatable bonds is 8. The average Bonchev–Trinajstić information content (AvgIpc) is 3.44. The molecule has 0 bridgehead atoms. The first kappa shape index (κ1) is 22.3. The zero-order chi connectivity index (χ0) is 24.2. The van der Waals surface area contributed by atoms with Gasteiger partial charge in [-0.2, -0.15) is 4.98 Å². The summed E-state index contributed by atoms with van der Waals surface area (Å²) in [5.74, 6) is 0.717. The normalized spacial score (nSPS) is 14.4. The van der Waals surface area contributed by atoms with Crippen LogP contribution in [0.4, 0.5) is 11.4 Å². The maximum absolute atomic E-state index is 6.09. The maximum atomic E-state index is 6.09. The predicted molar refractivity (Wildman–Crippen MR) is 143 cm³/mol. The molecule has 0 spiro atoms. The standard InChI is InChI=1S/C28H29N7O/c1-2-7-23(8-3-1)34-19-17-33(18-20-34)16-6-15-29-22-11-13-24(14-12-22)36-28-31-26-10-5-4-9-25(26)27-32-30-21-35(27)28/h1-5,7-14,21,29H,6,15-20H2. The Morgan fingerprint density at radius 1 is 0.833 bits per heavy atom. The van der Waals surface area contributed by atoms with Crippen LogP contribution in [0.5, 0.6) is 11.8 Å². The van der Waals surface area contributed by atoms with Gasteiger partial charge in [0.2, 0.25) is 0 Å². The van der Waals surface area contributed by atoms with E-state index >= 15 is 0 Å². The Labute approximate surface area is 210 Å². The highest BCUT2D eigenvalue weighted by Gasteiger charge is 2.16. The number of nitrogens with one attached hydrogen (secondary N) is 1. The molecule has 0 radical (unpaired) electrons. The van der Waals surface area contributed by atoms with Crippen LogP contribution in [-0.2, 0) is 0 Å². The number of piperazine rings is 1. The van der Waals surface area contributed by atoms with Crippen molar-refractivity contribution in [2.75, 3.05) is 49.5 Å². The summed E-state index contributed by atoms with van der Waals surface area (Å²) in [6.07, 6.45) is 2.73. The van der Waals surface area contributed by atoms with Crippen LogP contribution in [-0.4, -0.2) is 63.8 Å². The van der Waals surface area contributed by atoms with E-state index in [4.69, 9.17) is 4.74 Å². The van der Waals surface area contributed by atoms with Crippen LogP contribution < -0.4 is 15.0 Å². The molecular weight excluding hydrogens is 450 g/mol. The van der Waals surface area contributed by atoms with E-state index in [2.05, 4.69) is 60.6 Å². The van der Waals surface area contributed by atoms with E-state index in [1.165, 1.54) is 5.69 Å². The van der Waals surface area contributed by atoms with E-state index in [-0.39, 0.29) is 0 Å². The fourth-order valence-electron chi connectivity index (χ4n) is 4.70. The molecule has 0 aliphatic carbocycles. The number of aromatic nitrogens is 4. The zero-order valence-corrected chi connectivity index (χ0v) is 20.1. The number of fused-ring (bicyclic) bond motifs is 3. The number of benzene rings is 3. The summed E-state index contributed by atoms with van der Waals surface area (Å²) in [4.78, 5) is 9.69. The highest BCUT2D eigenvalue weighted by atomic mass is 16.5. The van der Waals surface area contributed by atoms with Crippen LogP contribution in [0.1, 0.15) is 6.42 Å². The third-order valence-corrected chi connectivity index (χ3v) is 6.65. The van der Waals surface area contributed by atoms with E-state index in [1.54, 1.807) is 10.7 Å². The molecule has 8 heteroatoms.